The van der Waals surface area contributed by atoms with Crippen LogP contribution in [0.15, 0.2) is 47.2 Å². The average molecular weight is 350 g/mol. The maximum Gasteiger partial charge on any atom is 0.138 e. The molecule has 0 saturated carbocycles. The molecule has 1 aromatic carbocycles. The van der Waals surface area contributed by atoms with Crippen LogP contribution in [0.5, 0.6) is 5.75 Å². The van der Waals surface area contributed by atoms with Gasteiger partial charge < -0.3 is 4.74 Å². The van der Waals surface area contributed by atoms with Crippen molar-refractivity contribution in [1.29, 1.82) is 0 Å². The van der Waals surface area contributed by atoms with E-state index in [0.717, 1.165) is 22.2 Å². The van der Waals surface area contributed by atoms with Crippen LogP contribution in [0.1, 0.15) is 31.0 Å². The summed E-state index contributed by atoms with van der Waals surface area (Å²) in [6, 6.07) is 10.1. The van der Waals surface area contributed by atoms with Crippen molar-refractivity contribution in [2.45, 2.75) is 32.4 Å². The van der Waals surface area contributed by atoms with Gasteiger partial charge in [-0.2, -0.15) is 0 Å². The van der Waals surface area contributed by atoms with Crippen LogP contribution in [-0.4, -0.2) is 11.1 Å². The van der Waals surface area contributed by atoms with Gasteiger partial charge in [0.15, 0.2) is 0 Å². The summed E-state index contributed by atoms with van der Waals surface area (Å²) in [6.45, 7) is 3.98. The van der Waals surface area contributed by atoms with Gasteiger partial charge in [0.05, 0.1) is 18.3 Å². The van der Waals surface area contributed by atoms with Gasteiger partial charge in [-0.1, -0.05) is 34.1 Å². The number of hydrogen-bond acceptors (Lipinski definition) is 4. The van der Waals surface area contributed by atoms with E-state index in [9.17, 15) is 0 Å². The molecule has 0 aliphatic rings. The van der Waals surface area contributed by atoms with Crippen molar-refractivity contribution >= 4 is 15.9 Å². The summed E-state index contributed by atoms with van der Waals surface area (Å²) in [4.78, 5) is 4.24. The molecule has 1 unspecified atom stereocenters. The van der Waals surface area contributed by atoms with Gasteiger partial charge in [-0.25, -0.2) is 0 Å². The second-order valence-electron chi connectivity index (χ2n) is 5.14. The van der Waals surface area contributed by atoms with Crippen molar-refractivity contribution in [2.24, 2.45) is 5.84 Å². The van der Waals surface area contributed by atoms with Crippen molar-refractivity contribution in [3.05, 3.63) is 58.3 Å². The number of ether oxygens (including phenoxy) is 1. The van der Waals surface area contributed by atoms with Crippen molar-refractivity contribution in [3.63, 3.8) is 0 Å². The predicted octanol–water partition coefficient (Wildman–Crippen LogP) is 3.38. The van der Waals surface area contributed by atoms with Crippen LogP contribution in [0.4, 0.5) is 0 Å². The summed E-state index contributed by atoms with van der Waals surface area (Å²) in [7, 11) is 0. The van der Waals surface area contributed by atoms with E-state index < -0.39 is 0 Å². The summed E-state index contributed by atoms with van der Waals surface area (Å²) >= 11 is 3.56. The van der Waals surface area contributed by atoms with Gasteiger partial charge in [-0.05, 0) is 43.5 Å². The smallest absolute Gasteiger partial charge is 0.138 e. The van der Waals surface area contributed by atoms with Gasteiger partial charge in [-0.15, -0.1) is 0 Å². The van der Waals surface area contributed by atoms with Crippen LogP contribution in [0.2, 0.25) is 0 Å². The van der Waals surface area contributed by atoms with Crippen LogP contribution < -0.4 is 16.0 Å². The summed E-state index contributed by atoms with van der Waals surface area (Å²) in [5.41, 5.74) is 5.05. The number of hydrazine groups is 1. The zero-order valence-corrected chi connectivity index (χ0v) is 13.8. The molecule has 4 nitrogen and oxygen atoms in total. The van der Waals surface area contributed by atoms with Crippen LogP contribution >= 0.6 is 15.9 Å². The molecule has 0 saturated heterocycles. The molecule has 0 radical (unpaired) electrons. The van der Waals surface area contributed by atoms with E-state index in [-0.39, 0.29) is 12.1 Å². The molecule has 0 aliphatic carbocycles. The van der Waals surface area contributed by atoms with Crippen LogP contribution in [0, 0.1) is 0 Å². The molecule has 112 valence electrons. The number of hydrogen-bond donors (Lipinski definition) is 2. The van der Waals surface area contributed by atoms with Crippen LogP contribution in [0.25, 0.3) is 0 Å². The molecule has 1 heterocycles. The number of benzene rings is 1. The molecule has 3 N–H and O–H groups in total. The minimum absolute atomic E-state index is 0.0214. The lowest BCUT2D eigenvalue weighted by Crippen LogP contribution is -2.29. The monoisotopic (exact) mass is 349 g/mol. The standard InChI is InChI=1S/C16H20BrN3O/c1-11(2)21-14-7-13(9-19-10-14)16(20-18)8-12-5-3-4-6-15(12)17/h3-7,9-11,16,20H,8,18H2,1-2H3. The Labute approximate surface area is 133 Å². The predicted molar refractivity (Wildman–Crippen MR) is 87.9 cm³/mol. The van der Waals surface area contributed by atoms with E-state index in [1.54, 1.807) is 6.20 Å². The summed E-state index contributed by atoms with van der Waals surface area (Å²) in [5, 5.41) is 0. The lowest BCUT2D eigenvalue weighted by molar-refractivity contribution is 0.241. The first-order valence-corrected chi connectivity index (χ1v) is 7.70. The molecule has 0 aliphatic heterocycles. The highest BCUT2D eigenvalue weighted by atomic mass is 79.9. The summed E-state index contributed by atoms with van der Waals surface area (Å²) in [6.07, 6.45) is 4.42. The highest BCUT2D eigenvalue weighted by Gasteiger charge is 2.14. The summed E-state index contributed by atoms with van der Waals surface area (Å²) < 4.78 is 6.76. The maximum absolute atomic E-state index is 5.72. The van der Waals surface area contributed by atoms with Crippen LogP contribution in [-0.2, 0) is 6.42 Å². The quantitative estimate of drug-likeness (QED) is 0.619. The molecule has 0 bridgehead atoms. The minimum Gasteiger partial charge on any atom is -0.489 e. The van der Waals surface area contributed by atoms with Crippen molar-refractivity contribution in [3.8, 4) is 5.75 Å². The molecule has 1 atom stereocenters. The zero-order chi connectivity index (χ0) is 15.2. The normalized spacial score (nSPS) is 12.4. The number of halogens is 1. The van der Waals surface area contributed by atoms with E-state index in [4.69, 9.17) is 10.6 Å². The van der Waals surface area contributed by atoms with Gasteiger partial charge >= 0.3 is 0 Å². The van der Waals surface area contributed by atoms with Crippen LogP contribution in [0.3, 0.4) is 0 Å². The Hall–Kier alpha value is -1.43. The number of nitrogens with two attached hydrogens (primary N) is 1. The minimum atomic E-state index is -0.0214. The molecule has 1 aromatic heterocycles. The maximum atomic E-state index is 5.72. The Morgan fingerprint density at radius 1 is 1.29 bits per heavy atom. The lowest BCUT2D eigenvalue weighted by Gasteiger charge is -2.18. The fraction of sp³-hybridized carbons (Fsp3) is 0.312. The van der Waals surface area contributed by atoms with Gasteiger partial charge in [-0.3, -0.25) is 16.3 Å². The molecular formula is C16H20BrN3O. The van der Waals surface area contributed by atoms with Crippen molar-refractivity contribution < 1.29 is 4.74 Å². The zero-order valence-electron chi connectivity index (χ0n) is 12.2. The Bertz CT molecular complexity index is 589. The highest BCUT2D eigenvalue weighted by Crippen LogP contribution is 2.25. The molecule has 5 heteroatoms. The second kappa shape index (κ2) is 7.54. The Balaban J connectivity index is 2.19. The first-order valence-electron chi connectivity index (χ1n) is 6.91. The number of aromatic nitrogens is 1. The largest absolute Gasteiger partial charge is 0.489 e. The van der Waals surface area contributed by atoms with Gasteiger partial charge in [0.2, 0.25) is 0 Å². The third kappa shape index (κ3) is 4.52. The first kappa shape index (κ1) is 15.9. The fourth-order valence-corrected chi connectivity index (χ4v) is 2.57. The fourth-order valence-electron chi connectivity index (χ4n) is 2.12. The van der Waals surface area contributed by atoms with E-state index in [0.29, 0.717) is 0 Å². The molecule has 2 aromatic rings. The molecule has 0 spiro atoms. The van der Waals surface area contributed by atoms with E-state index in [1.165, 1.54) is 5.56 Å². The molecular weight excluding hydrogens is 330 g/mol. The first-order chi connectivity index (χ1) is 10.1. The van der Waals surface area contributed by atoms with Gasteiger partial charge in [0, 0.05) is 10.7 Å². The summed E-state index contributed by atoms with van der Waals surface area (Å²) in [5.74, 6) is 6.48. The average Bonchev–Trinajstić information content (AvgIpc) is 2.46. The Morgan fingerprint density at radius 3 is 2.71 bits per heavy atom. The highest BCUT2D eigenvalue weighted by molar-refractivity contribution is 9.10. The van der Waals surface area contributed by atoms with Gasteiger partial charge in [0.1, 0.15) is 5.75 Å². The van der Waals surface area contributed by atoms with E-state index in [2.05, 4.69) is 32.4 Å². The third-order valence-corrected chi connectivity index (χ3v) is 3.87. The SMILES string of the molecule is CC(C)Oc1cncc(C(Cc2ccccc2Br)NN)c1. The Morgan fingerprint density at radius 2 is 2.05 bits per heavy atom. The number of nitrogens with zero attached hydrogens (tertiary/aromatic N) is 1. The van der Waals surface area contributed by atoms with Gasteiger partial charge in [0.25, 0.3) is 0 Å². The Kier molecular flexibility index (Phi) is 5.73. The third-order valence-electron chi connectivity index (χ3n) is 3.09. The molecule has 2 rings (SSSR count). The van der Waals surface area contributed by atoms with E-state index >= 15 is 0 Å². The second-order valence-corrected chi connectivity index (χ2v) is 5.99. The van der Waals surface area contributed by atoms with Crippen molar-refractivity contribution in [2.75, 3.05) is 0 Å². The molecule has 0 amide bonds. The topological polar surface area (TPSA) is 60.2 Å². The van der Waals surface area contributed by atoms with Crippen molar-refractivity contribution in [1.82, 2.24) is 10.4 Å². The number of rotatable bonds is 6. The molecule has 0 fully saturated rings. The number of pyridine rings is 1. The number of nitrogens with one attached hydrogen (secondary N) is 1. The molecule has 21 heavy (non-hydrogen) atoms. The lowest BCUT2D eigenvalue weighted by atomic mass is 10.0. The van der Waals surface area contributed by atoms with E-state index in [1.807, 2.05) is 44.3 Å².